The van der Waals surface area contributed by atoms with Crippen LogP contribution in [0.5, 0.6) is 0 Å². The van der Waals surface area contributed by atoms with E-state index < -0.39 is 11.9 Å². The lowest BCUT2D eigenvalue weighted by atomic mass is 9.97. The average Bonchev–Trinajstić information content (AvgIpc) is 3.29. The minimum atomic E-state index is -0.901. The highest BCUT2D eigenvalue weighted by Gasteiger charge is 2.52. The summed E-state index contributed by atoms with van der Waals surface area (Å²) in [7, 11) is 0. The molecule has 1 aromatic heterocycles. The lowest BCUT2D eigenvalue weighted by molar-refractivity contribution is -0.141. The van der Waals surface area contributed by atoms with Crippen molar-refractivity contribution in [2.75, 3.05) is 6.54 Å². The molecule has 5 rings (SSSR count). The number of benzene rings is 2. The molecule has 29 heavy (non-hydrogen) atoms. The molecule has 0 radical (unpaired) electrons. The molecule has 1 fully saturated rings. The van der Waals surface area contributed by atoms with Gasteiger partial charge in [0.25, 0.3) is 0 Å². The Labute approximate surface area is 167 Å². The number of hydroxylamine groups is 2. The standard InChI is InChI=1S/C21H19N5O3/c22-20(27)19-18-16(11-23-25(18)15-9-5-2-6-10-15)17-12-24(19)21(28)26(17)29-13-14-7-3-1-4-8-14/h1-11,17,19H,12-13H2,(H2,22,27)/t17-,19-/m0/s1. The van der Waals surface area contributed by atoms with Crippen molar-refractivity contribution in [3.05, 3.63) is 83.7 Å². The number of urea groups is 1. The predicted octanol–water partition coefficient (Wildman–Crippen LogP) is 2.32. The van der Waals surface area contributed by atoms with E-state index >= 15 is 0 Å². The molecule has 8 heteroatoms. The number of carbonyl (C=O) groups is 2. The first-order valence-electron chi connectivity index (χ1n) is 9.34. The van der Waals surface area contributed by atoms with E-state index in [1.807, 2.05) is 60.7 Å². The molecular formula is C21H19N5O3. The average molecular weight is 389 g/mol. The number of amides is 3. The van der Waals surface area contributed by atoms with Crippen LogP contribution in [0, 0.1) is 0 Å². The first-order valence-corrected chi connectivity index (χ1v) is 9.34. The quantitative estimate of drug-likeness (QED) is 0.725. The second-order valence-corrected chi connectivity index (χ2v) is 7.07. The number of hydrogen-bond donors (Lipinski definition) is 1. The van der Waals surface area contributed by atoms with Crippen LogP contribution < -0.4 is 5.73 Å². The van der Waals surface area contributed by atoms with Crippen molar-refractivity contribution in [3.63, 3.8) is 0 Å². The summed E-state index contributed by atoms with van der Waals surface area (Å²) in [5, 5.41) is 5.82. The zero-order valence-electron chi connectivity index (χ0n) is 15.5. The molecule has 146 valence electrons. The van der Waals surface area contributed by atoms with E-state index in [9.17, 15) is 9.59 Å². The van der Waals surface area contributed by atoms with Crippen molar-refractivity contribution in [1.82, 2.24) is 19.7 Å². The number of primary amides is 1. The summed E-state index contributed by atoms with van der Waals surface area (Å²) in [4.78, 5) is 32.7. The van der Waals surface area contributed by atoms with E-state index in [1.54, 1.807) is 10.9 Å². The van der Waals surface area contributed by atoms with Crippen LogP contribution >= 0.6 is 0 Å². The van der Waals surface area contributed by atoms with Gasteiger partial charge in [-0.25, -0.2) is 9.48 Å². The van der Waals surface area contributed by atoms with Gasteiger partial charge in [0.05, 0.1) is 24.1 Å². The maximum atomic E-state index is 13.0. The predicted molar refractivity (Wildman–Crippen MR) is 103 cm³/mol. The Morgan fingerprint density at radius 1 is 1.10 bits per heavy atom. The van der Waals surface area contributed by atoms with Gasteiger partial charge in [-0.3, -0.25) is 9.63 Å². The topological polar surface area (TPSA) is 93.7 Å². The molecule has 2 aliphatic rings. The van der Waals surface area contributed by atoms with Gasteiger partial charge in [-0.05, 0) is 17.7 Å². The Balaban J connectivity index is 1.53. The molecule has 0 spiro atoms. The number of para-hydroxylation sites is 1. The summed E-state index contributed by atoms with van der Waals surface area (Å²) in [5.41, 5.74) is 8.84. The van der Waals surface area contributed by atoms with Crippen molar-refractivity contribution in [2.45, 2.75) is 18.7 Å². The van der Waals surface area contributed by atoms with Gasteiger partial charge < -0.3 is 10.6 Å². The van der Waals surface area contributed by atoms with Crippen LogP contribution in [0.4, 0.5) is 4.79 Å². The number of carbonyl (C=O) groups excluding carboxylic acids is 2. The fraction of sp³-hybridized carbons (Fsp3) is 0.190. The van der Waals surface area contributed by atoms with Crippen LogP contribution in [-0.2, 0) is 16.2 Å². The first-order chi connectivity index (χ1) is 14.1. The zero-order chi connectivity index (χ0) is 20.0. The van der Waals surface area contributed by atoms with E-state index in [-0.39, 0.29) is 18.7 Å². The lowest BCUT2D eigenvalue weighted by Crippen LogP contribution is -2.42. The van der Waals surface area contributed by atoms with E-state index in [2.05, 4.69) is 5.10 Å². The highest BCUT2D eigenvalue weighted by molar-refractivity contribution is 5.89. The van der Waals surface area contributed by atoms with Gasteiger partial charge in [0, 0.05) is 5.56 Å². The molecule has 0 aliphatic carbocycles. The van der Waals surface area contributed by atoms with Crippen molar-refractivity contribution in [3.8, 4) is 5.69 Å². The van der Waals surface area contributed by atoms with Crippen molar-refractivity contribution >= 4 is 11.9 Å². The van der Waals surface area contributed by atoms with Crippen molar-refractivity contribution < 1.29 is 14.4 Å². The minimum Gasteiger partial charge on any atom is -0.368 e. The van der Waals surface area contributed by atoms with Crippen LogP contribution in [0.3, 0.4) is 0 Å². The maximum Gasteiger partial charge on any atom is 0.345 e. The summed E-state index contributed by atoms with van der Waals surface area (Å²) in [5.74, 6) is -0.597. The second-order valence-electron chi connectivity index (χ2n) is 7.07. The Bertz CT molecular complexity index is 1070. The van der Waals surface area contributed by atoms with Crippen LogP contribution in [0.15, 0.2) is 66.9 Å². The molecule has 2 N–H and O–H groups in total. The minimum absolute atomic E-state index is 0.250. The molecule has 2 aliphatic heterocycles. The molecule has 3 aromatic rings. The third-order valence-corrected chi connectivity index (χ3v) is 5.34. The third kappa shape index (κ3) is 2.76. The number of fused-ring (bicyclic) bond motifs is 4. The van der Waals surface area contributed by atoms with Gasteiger partial charge in [0.2, 0.25) is 5.91 Å². The highest BCUT2D eigenvalue weighted by atomic mass is 16.7. The third-order valence-electron chi connectivity index (χ3n) is 5.34. The molecule has 2 aromatic carbocycles. The fourth-order valence-electron chi connectivity index (χ4n) is 4.01. The van der Waals surface area contributed by atoms with E-state index in [0.717, 1.165) is 16.8 Å². The molecule has 1 saturated heterocycles. The van der Waals surface area contributed by atoms with Crippen LogP contribution in [-0.4, -0.2) is 38.2 Å². The number of rotatable bonds is 5. The van der Waals surface area contributed by atoms with Gasteiger partial charge in [-0.15, -0.1) is 0 Å². The van der Waals surface area contributed by atoms with Crippen LogP contribution in [0.1, 0.15) is 28.9 Å². The van der Waals surface area contributed by atoms with Gasteiger partial charge >= 0.3 is 6.03 Å². The summed E-state index contributed by atoms with van der Waals surface area (Å²) in [6.45, 7) is 0.578. The molecular weight excluding hydrogens is 370 g/mol. The second kappa shape index (κ2) is 6.75. The van der Waals surface area contributed by atoms with E-state index in [0.29, 0.717) is 12.2 Å². The van der Waals surface area contributed by atoms with Gasteiger partial charge in [-0.2, -0.15) is 10.2 Å². The maximum absolute atomic E-state index is 13.0. The smallest absolute Gasteiger partial charge is 0.345 e. The van der Waals surface area contributed by atoms with Gasteiger partial charge in [0.1, 0.15) is 12.6 Å². The Hall–Kier alpha value is -3.65. The molecule has 3 amide bonds. The van der Waals surface area contributed by atoms with Crippen molar-refractivity contribution in [1.29, 1.82) is 0 Å². The molecule has 2 bridgehead atoms. The first kappa shape index (κ1) is 17.4. The Kier molecular flexibility index (Phi) is 4.06. The number of aromatic nitrogens is 2. The molecule has 0 saturated carbocycles. The van der Waals surface area contributed by atoms with Crippen LogP contribution in [0.2, 0.25) is 0 Å². The normalized spacial score (nSPS) is 20.1. The lowest BCUT2D eigenvalue weighted by Gasteiger charge is -2.29. The summed E-state index contributed by atoms with van der Waals surface area (Å²) < 4.78 is 1.68. The Morgan fingerprint density at radius 3 is 2.48 bits per heavy atom. The monoisotopic (exact) mass is 389 g/mol. The molecule has 3 heterocycles. The zero-order valence-corrected chi connectivity index (χ0v) is 15.5. The largest absolute Gasteiger partial charge is 0.368 e. The summed E-state index contributed by atoms with van der Waals surface area (Å²) in [6.07, 6.45) is 1.69. The molecule has 8 nitrogen and oxygen atoms in total. The number of nitrogens with two attached hydrogens (primary N) is 1. The van der Waals surface area contributed by atoms with Gasteiger partial charge in [0.15, 0.2) is 6.04 Å². The fourth-order valence-corrected chi connectivity index (χ4v) is 4.01. The van der Waals surface area contributed by atoms with Crippen molar-refractivity contribution in [2.24, 2.45) is 5.73 Å². The summed E-state index contributed by atoms with van der Waals surface area (Å²) >= 11 is 0. The molecule has 2 atom stereocenters. The highest BCUT2D eigenvalue weighted by Crippen LogP contribution is 2.44. The number of nitrogens with zero attached hydrogens (tertiary/aromatic N) is 4. The van der Waals surface area contributed by atoms with E-state index in [1.165, 1.54) is 9.96 Å². The molecule has 0 unspecified atom stereocenters. The SMILES string of the molecule is NC(=O)[C@@H]1c2c(cnn2-c2ccccc2)[C@@H]2CN1C(=O)N2OCc1ccccc1. The summed E-state index contributed by atoms with van der Waals surface area (Å²) in [6, 6.07) is 17.4. The Morgan fingerprint density at radius 2 is 1.79 bits per heavy atom. The van der Waals surface area contributed by atoms with Gasteiger partial charge in [-0.1, -0.05) is 48.5 Å². The van der Waals surface area contributed by atoms with E-state index in [4.69, 9.17) is 10.6 Å². The van der Waals surface area contributed by atoms with Crippen LogP contribution in [0.25, 0.3) is 5.69 Å². The number of hydrogen-bond acceptors (Lipinski definition) is 4.